The van der Waals surface area contributed by atoms with Gasteiger partial charge in [-0.3, -0.25) is 0 Å². The first kappa shape index (κ1) is 15.4. The Morgan fingerprint density at radius 1 is 1.28 bits per heavy atom. The minimum absolute atomic E-state index is 0.0547. The molecule has 0 heterocycles. The van der Waals surface area contributed by atoms with Crippen molar-refractivity contribution in [3.63, 3.8) is 0 Å². The van der Waals surface area contributed by atoms with E-state index in [-0.39, 0.29) is 12.8 Å². The number of carboxylic acid groups (broad SMARTS) is 1. The molecule has 0 aromatic rings. The van der Waals surface area contributed by atoms with Crippen LogP contribution in [0.25, 0.3) is 0 Å². The Kier molecular flexibility index (Phi) is 5.10. The zero-order valence-electron chi connectivity index (χ0n) is 11.4. The zero-order valence-corrected chi connectivity index (χ0v) is 11.4. The lowest BCUT2D eigenvalue weighted by Gasteiger charge is -2.45. The van der Waals surface area contributed by atoms with Gasteiger partial charge in [-0.05, 0) is 26.7 Å². The fourth-order valence-electron chi connectivity index (χ4n) is 2.80. The molecule has 0 aliphatic heterocycles. The van der Waals surface area contributed by atoms with E-state index in [9.17, 15) is 9.18 Å². The fourth-order valence-corrected chi connectivity index (χ4v) is 2.80. The molecule has 0 radical (unpaired) electrons. The van der Waals surface area contributed by atoms with E-state index >= 15 is 0 Å². The second-order valence-corrected chi connectivity index (χ2v) is 4.75. The Bertz CT molecular complexity index is 289. The lowest BCUT2D eigenvalue weighted by atomic mass is 9.72. The van der Waals surface area contributed by atoms with E-state index in [1.165, 1.54) is 0 Å². The molecule has 1 saturated carbocycles. The summed E-state index contributed by atoms with van der Waals surface area (Å²) in [6.07, 6.45) is 0.994. The number of aliphatic carboxylic acids is 1. The largest absolute Gasteiger partial charge is 0.479 e. The molecule has 0 spiro atoms. The smallest absolute Gasteiger partial charge is 0.341 e. The Labute approximate surface area is 107 Å². The molecule has 1 aliphatic carbocycles. The van der Waals surface area contributed by atoms with Gasteiger partial charge in [-0.25, -0.2) is 9.18 Å². The van der Waals surface area contributed by atoms with Crippen molar-refractivity contribution in [3.05, 3.63) is 0 Å². The van der Waals surface area contributed by atoms with Crippen molar-refractivity contribution in [3.8, 4) is 0 Å². The minimum Gasteiger partial charge on any atom is -0.479 e. The van der Waals surface area contributed by atoms with Gasteiger partial charge in [-0.15, -0.1) is 0 Å². The molecular formula is C13H23FO4. The Morgan fingerprint density at radius 3 is 2.22 bits per heavy atom. The molecule has 5 heteroatoms. The van der Waals surface area contributed by atoms with Gasteiger partial charge in [0.05, 0.1) is 0 Å². The van der Waals surface area contributed by atoms with E-state index < -0.39 is 23.3 Å². The summed E-state index contributed by atoms with van der Waals surface area (Å²) in [7, 11) is 0. The third kappa shape index (κ3) is 2.83. The molecule has 1 fully saturated rings. The SMILES string of the molecule is CCOC1(OCC)CCC(F)(C(=O)O)C(CC)C1. The summed E-state index contributed by atoms with van der Waals surface area (Å²) in [5.74, 6) is -2.74. The third-order valence-electron chi connectivity index (χ3n) is 3.74. The summed E-state index contributed by atoms with van der Waals surface area (Å²) >= 11 is 0. The van der Waals surface area contributed by atoms with E-state index in [1.807, 2.05) is 13.8 Å². The maximum atomic E-state index is 14.5. The molecule has 0 saturated heterocycles. The van der Waals surface area contributed by atoms with Gasteiger partial charge in [0.1, 0.15) is 0 Å². The predicted octanol–water partition coefficient (Wildman–Crippen LogP) is 2.76. The van der Waals surface area contributed by atoms with Gasteiger partial charge < -0.3 is 14.6 Å². The highest BCUT2D eigenvalue weighted by atomic mass is 19.1. The van der Waals surface area contributed by atoms with Crippen LogP contribution in [0.1, 0.15) is 46.5 Å². The molecule has 1 rings (SSSR count). The van der Waals surface area contributed by atoms with Crippen molar-refractivity contribution in [1.29, 1.82) is 0 Å². The first-order valence-corrected chi connectivity index (χ1v) is 6.64. The lowest BCUT2D eigenvalue weighted by molar-refractivity contribution is -0.269. The van der Waals surface area contributed by atoms with Crippen LogP contribution in [0.2, 0.25) is 0 Å². The van der Waals surface area contributed by atoms with E-state index in [1.54, 1.807) is 6.92 Å². The molecule has 2 unspecified atom stereocenters. The van der Waals surface area contributed by atoms with Crippen LogP contribution in [0.4, 0.5) is 4.39 Å². The number of carboxylic acids is 1. The van der Waals surface area contributed by atoms with Gasteiger partial charge >= 0.3 is 5.97 Å². The normalized spacial score (nSPS) is 31.2. The van der Waals surface area contributed by atoms with Crippen LogP contribution in [0.15, 0.2) is 0 Å². The Morgan fingerprint density at radius 2 is 1.83 bits per heavy atom. The van der Waals surface area contributed by atoms with Gasteiger partial charge in [0.25, 0.3) is 0 Å². The average molecular weight is 262 g/mol. The van der Waals surface area contributed by atoms with Gasteiger partial charge in [-0.2, -0.15) is 0 Å². The summed E-state index contributed by atoms with van der Waals surface area (Å²) in [4.78, 5) is 11.1. The predicted molar refractivity (Wildman–Crippen MR) is 65.1 cm³/mol. The van der Waals surface area contributed by atoms with Crippen molar-refractivity contribution >= 4 is 5.97 Å². The third-order valence-corrected chi connectivity index (χ3v) is 3.74. The number of alkyl halides is 1. The zero-order chi connectivity index (χ0) is 13.8. The molecule has 106 valence electrons. The number of carbonyl (C=O) groups is 1. The maximum absolute atomic E-state index is 14.5. The average Bonchev–Trinajstić information content (AvgIpc) is 2.33. The lowest BCUT2D eigenvalue weighted by Crippen LogP contribution is -2.53. The Hall–Kier alpha value is -0.680. The standard InChI is InChI=1S/C13H23FO4/c1-4-10-9-12(17-5-2,18-6-3)7-8-13(10,14)11(15)16/h10H,4-9H2,1-3H3,(H,15,16). The fraction of sp³-hybridized carbons (Fsp3) is 0.923. The summed E-state index contributed by atoms with van der Waals surface area (Å²) < 4.78 is 25.7. The summed E-state index contributed by atoms with van der Waals surface area (Å²) in [6.45, 7) is 6.47. The summed E-state index contributed by atoms with van der Waals surface area (Å²) in [5.41, 5.74) is -2.15. The maximum Gasteiger partial charge on any atom is 0.341 e. The molecule has 1 N–H and O–H groups in total. The number of hydrogen-bond acceptors (Lipinski definition) is 3. The van der Waals surface area contributed by atoms with Crippen LogP contribution in [-0.4, -0.2) is 35.7 Å². The molecule has 18 heavy (non-hydrogen) atoms. The topological polar surface area (TPSA) is 55.8 Å². The van der Waals surface area contributed by atoms with Gasteiger partial charge in [-0.1, -0.05) is 6.92 Å². The van der Waals surface area contributed by atoms with E-state index in [0.29, 0.717) is 26.1 Å². The second-order valence-electron chi connectivity index (χ2n) is 4.75. The van der Waals surface area contributed by atoms with Crippen LogP contribution in [0.3, 0.4) is 0 Å². The van der Waals surface area contributed by atoms with E-state index in [2.05, 4.69) is 0 Å². The molecule has 1 aliphatic rings. The summed E-state index contributed by atoms with van der Waals surface area (Å²) in [5, 5.41) is 9.07. The minimum atomic E-state index is -2.15. The van der Waals surface area contributed by atoms with Gasteiger partial charge in [0.2, 0.25) is 5.67 Å². The first-order valence-electron chi connectivity index (χ1n) is 6.64. The summed E-state index contributed by atoms with van der Waals surface area (Å²) in [6, 6.07) is 0. The number of rotatable bonds is 6. The molecule has 2 atom stereocenters. The quantitative estimate of drug-likeness (QED) is 0.748. The molecule has 4 nitrogen and oxygen atoms in total. The first-order chi connectivity index (χ1) is 8.44. The molecule has 0 aromatic carbocycles. The van der Waals surface area contributed by atoms with Gasteiger partial charge in [0.15, 0.2) is 5.79 Å². The molecule has 0 bridgehead atoms. The van der Waals surface area contributed by atoms with Crippen molar-refractivity contribution in [2.45, 2.75) is 57.9 Å². The molecule has 0 aromatic heterocycles. The van der Waals surface area contributed by atoms with E-state index in [4.69, 9.17) is 14.6 Å². The highest BCUT2D eigenvalue weighted by Crippen LogP contribution is 2.45. The highest BCUT2D eigenvalue weighted by Gasteiger charge is 2.54. The van der Waals surface area contributed by atoms with E-state index in [0.717, 1.165) is 0 Å². The van der Waals surface area contributed by atoms with Crippen LogP contribution in [-0.2, 0) is 14.3 Å². The van der Waals surface area contributed by atoms with Crippen LogP contribution in [0, 0.1) is 5.92 Å². The van der Waals surface area contributed by atoms with Gasteiger partial charge in [0, 0.05) is 32.0 Å². The number of hydrogen-bond donors (Lipinski definition) is 1. The Balaban J connectivity index is 2.90. The monoisotopic (exact) mass is 262 g/mol. The van der Waals surface area contributed by atoms with Crippen LogP contribution in [0.5, 0.6) is 0 Å². The second kappa shape index (κ2) is 5.97. The van der Waals surface area contributed by atoms with Crippen LogP contribution < -0.4 is 0 Å². The van der Waals surface area contributed by atoms with Crippen molar-refractivity contribution in [1.82, 2.24) is 0 Å². The highest BCUT2D eigenvalue weighted by molar-refractivity contribution is 5.78. The molecule has 0 amide bonds. The van der Waals surface area contributed by atoms with Crippen molar-refractivity contribution in [2.24, 2.45) is 5.92 Å². The van der Waals surface area contributed by atoms with Crippen LogP contribution >= 0.6 is 0 Å². The van der Waals surface area contributed by atoms with Crippen molar-refractivity contribution < 1.29 is 23.8 Å². The van der Waals surface area contributed by atoms with Crippen molar-refractivity contribution in [2.75, 3.05) is 13.2 Å². The molecular weight excluding hydrogens is 239 g/mol. The number of halogens is 1. The number of ether oxygens (including phenoxy) is 2.